The summed E-state index contributed by atoms with van der Waals surface area (Å²) in [5, 5.41) is 9.79. The molecule has 186 valence electrons. The van der Waals surface area contributed by atoms with Crippen molar-refractivity contribution in [2.24, 2.45) is 5.92 Å². The molecule has 7 nitrogen and oxygen atoms in total. The van der Waals surface area contributed by atoms with Gasteiger partial charge in [0.1, 0.15) is 17.5 Å². The van der Waals surface area contributed by atoms with Gasteiger partial charge in [0.05, 0.1) is 19.2 Å². The average Bonchev–Trinajstić information content (AvgIpc) is 2.86. The van der Waals surface area contributed by atoms with Crippen molar-refractivity contribution < 1.29 is 23.8 Å². The van der Waals surface area contributed by atoms with Gasteiger partial charge in [-0.25, -0.2) is 9.37 Å². The Bertz CT molecular complexity index is 1110. The molecule has 1 aliphatic rings. The number of benzene rings is 1. The number of hydrogen-bond acceptors (Lipinski definition) is 5. The molecule has 0 unspecified atom stereocenters. The lowest BCUT2D eigenvalue weighted by Gasteiger charge is -2.37. The van der Waals surface area contributed by atoms with Crippen LogP contribution in [0.15, 0.2) is 36.5 Å². The third-order valence-corrected chi connectivity index (χ3v) is 6.02. The molecule has 2 heterocycles. The van der Waals surface area contributed by atoms with Gasteiger partial charge >= 0.3 is 0 Å². The van der Waals surface area contributed by atoms with E-state index in [2.05, 4.69) is 16.8 Å². The molecule has 3 atom stereocenters. The minimum Gasteiger partial charge on any atom is -0.472 e. The van der Waals surface area contributed by atoms with Crippen LogP contribution in [-0.4, -0.2) is 70.6 Å². The maximum absolute atomic E-state index is 13.4. The van der Waals surface area contributed by atoms with Gasteiger partial charge in [0.2, 0.25) is 5.88 Å². The van der Waals surface area contributed by atoms with Crippen molar-refractivity contribution in [2.45, 2.75) is 45.8 Å². The van der Waals surface area contributed by atoms with Gasteiger partial charge in [0, 0.05) is 43.3 Å². The molecule has 0 radical (unpaired) electrons. The number of carbonyl (C=O) groups excluding carboxylic acids is 2. The lowest BCUT2D eigenvalue weighted by atomic mass is 9.99. The first kappa shape index (κ1) is 26.2. The number of carbonyl (C=O) groups is 2. The normalized spacial score (nSPS) is 18.3. The van der Waals surface area contributed by atoms with Gasteiger partial charge in [0.15, 0.2) is 0 Å². The van der Waals surface area contributed by atoms with Crippen LogP contribution in [0, 0.1) is 23.6 Å². The molecular weight excluding hydrogens is 449 g/mol. The molecule has 1 aromatic carbocycles. The van der Waals surface area contributed by atoms with Crippen molar-refractivity contribution in [1.29, 1.82) is 0 Å². The maximum Gasteiger partial charge on any atom is 0.259 e. The fourth-order valence-electron chi connectivity index (χ4n) is 3.84. The lowest BCUT2D eigenvalue weighted by Crippen LogP contribution is -2.50. The number of rotatable bonds is 6. The fraction of sp³-hybridized carbons (Fsp3) is 0.444. The van der Waals surface area contributed by atoms with E-state index in [1.54, 1.807) is 31.1 Å². The molecule has 1 aromatic heterocycles. The van der Waals surface area contributed by atoms with Gasteiger partial charge in [-0.3, -0.25) is 9.59 Å². The number of hydrogen-bond donors (Lipinski definition) is 1. The summed E-state index contributed by atoms with van der Waals surface area (Å²) in [5.74, 6) is 5.12. The van der Waals surface area contributed by atoms with E-state index in [1.165, 1.54) is 29.2 Å². The Morgan fingerprint density at radius 3 is 2.74 bits per heavy atom. The molecule has 2 aromatic rings. The van der Waals surface area contributed by atoms with Crippen molar-refractivity contribution in [3.8, 4) is 17.7 Å². The SMILES string of the molecule is CCCC#Cc1cnc2c(c1)C(=O)N([C@H](C)CO)C[C@@H](C)[C@H](CN(C)C(=O)c1ccc(F)cc1)O2. The van der Waals surface area contributed by atoms with Gasteiger partial charge in [-0.15, -0.1) is 0 Å². The number of ether oxygens (including phenoxy) is 1. The summed E-state index contributed by atoms with van der Waals surface area (Å²) in [6.45, 7) is 6.12. The summed E-state index contributed by atoms with van der Waals surface area (Å²) in [7, 11) is 1.65. The minimum absolute atomic E-state index is 0.171. The van der Waals surface area contributed by atoms with Crippen LogP contribution in [0.5, 0.6) is 5.88 Å². The van der Waals surface area contributed by atoms with Crippen molar-refractivity contribution in [1.82, 2.24) is 14.8 Å². The quantitative estimate of drug-likeness (QED) is 0.640. The topological polar surface area (TPSA) is 83.0 Å². The van der Waals surface area contributed by atoms with Crippen molar-refractivity contribution in [2.75, 3.05) is 26.7 Å². The molecule has 1 aliphatic heterocycles. The second-order valence-electron chi connectivity index (χ2n) is 8.94. The molecule has 0 spiro atoms. The Kier molecular flexibility index (Phi) is 8.83. The van der Waals surface area contributed by atoms with Crippen LogP contribution >= 0.6 is 0 Å². The van der Waals surface area contributed by atoms with Crippen molar-refractivity contribution in [3.63, 3.8) is 0 Å². The Morgan fingerprint density at radius 1 is 1.37 bits per heavy atom. The van der Waals surface area contributed by atoms with E-state index in [0.29, 0.717) is 17.7 Å². The molecule has 0 saturated heterocycles. The second-order valence-corrected chi connectivity index (χ2v) is 8.94. The summed E-state index contributed by atoms with van der Waals surface area (Å²) in [6, 6.07) is 6.64. The number of amides is 2. The highest BCUT2D eigenvalue weighted by Crippen LogP contribution is 2.27. The predicted octanol–water partition coefficient (Wildman–Crippen LogP) is 3.36. The number of likely N-dealkylation sites (N-methyl/N-ethyl adjacent to an activating group) is 1. The number of nitrogens with zero attached hydrogens (tertiary/aromatic N) is 3. The smallest absolute Gasteiger partial charge is 0.259 e. The average molecular weight is 482 g/mol. The van der Waals surface area contributed by atoms with Gasteiger partial charge in [-0.1, -0.05) is 25.7 Å². The maximum atomic E-state index is 13.4. The van der Waals surface area contributed by atoms with Crippen molar-refractivity contribution >= 4 is 11.8 Å². The van der Waals surface area contributed by atoms with Crippen LogP contribution in [0.25, 0.3) is 0 Å². The molecule has 0 bridgehead atoms. The van der Waals surface area contributed by atoms with Crippen LogP contribution in [0.2, 0.25) is 0 Å². The van der Waals surface area contributed by atoms with Crippen LogP contribution < -0.4 is 4.74 Å². The van der Waals surface area contributed by atoms with E-state index >= 15 is 0 Å². The third-order valence-electron chi connectivity index (χ3n) is 6.02. The molecule has 0 aliphatic carbocycles. The van der Waals surface area contributed by atoms with Crippen LogP contribution in [0.3, 0.4) is 0 Å². The third kappa shape index (κ3) is 6.37. The van der Waals surface area contributed by atoms with Gasteiger partial charge < -0.3 is 19.6 Å². The number of pyridine rings is 1. The van der Waals surface area contributed by atoms with Gasteiger partial charge in [-0.05, 0) is 43.7 Å². The number of aromatic nitrogens is 1. The highest BCUT2D eigenvalue weighted by molar-refractivity contribution is 5.97. The minimum atomic E-state index is -0.478. The van der Waals surface area contributed by atoms with Gasteiger partial charge in [0.25, 0.3) is 11.8 Å². The van der Waals surface area contributed by atoms with E-state index in [1.807, 2.05) is 13.8 Å². The Balaban J connectivity index is 1.92. The molecule has 2 amide bonds. The summed E-state index contributed by atoms with van der Waals surface area (Å²) >= 11 is 0. The Morgan fingerprint density at radius 2 is 2.09 bits per heavy atom. The summed E-state index contributed by atoms with van der Waals surface area (Å²) in [6.07, 6.45) is 2.77. The van der Waals surface area contributed by atoms with Crippen LogP contribution in [0.1, 0.15) is 59.9 Å². The fourth-order valence-corrected chi connectivity index (χ4v) is 3.84. The first-order valence-corrected chi connectivity index (χ1v) is 11.8. The summed E-state index contributed by atoms with van der Waals surface area (Å²) in [4.78, 5) is 33.8. The number of fused-ring (bicyclic) bond motifs is 1. The zero-order valence-corrected chi connectivity index (χ0v) is 20.6. The standard InChI is InChI=1S/C27H32FN3O4/c1-5-6-7-8-20-13-23-25(29-14-20)35-24(18(2)15-31(27(23)34)19(3)17-32)16-30(4)26(33)21-9-11-22(28)12-10-21/h9-14,18-19,24,32H,5-6,15-17H2,1-4H3/t18-,19-,24+/m1/s1. The first-order chi connectivity index (χ1) is 16.7. The number of aliphatic hydroxyl groups excluding tert-OH is 1. The van der Waals surface area contributed by atoms with E-state index < -0.39 is 18.0 Å². The van der Waals surface area contributed by atoms with Crippen LogP contribution in [-0.2, 0) is 0 Å². The zero-order valence-electron chi connectivity index (χ0n) is 20.6. The summed E-state index contributed by atoms with van der Waals surface area (Å²) in [5.41, 5.74) is 1.25. The first-order valence-electron chi connectivity index (χ1n) is 11.8. The highest BCUT2D eigenvalue weighted by Gasteiger charge is 2.34. The van der Waals surface area contributed by atoms with E-state index in [4.69, 9.17) is 4.74 Å². The molecular formula is C27H32FN3O4. The molecule has 35 heavy (non-hydrogen) atoms. The lowest BCUT2D eigenvalue weighted by molar-refractivity contribution is 0.0313. The van der Waals surface area contributed by atoms with E-state index in [0.717, 1.165) is 12.8 Å². The predicted molar refractivity (Wildman–Crippen MR) is 131 cm³/mol. The van der Waals surface area contributed by atoms with E-state index in [-0.39, 0.29) is 42.3 Å². The summed E-state index contributed by atoms with van der Waals surface area (Å²) < 4.78 is 19.5. The molecule has 1 N–H and O–H groups in total. The molecule has 3 rings (SSSR count). The Labute approximate surface area is 205 Å². The zero-order chi connectivity index (χ0) is 25.5. The largest absolute Gasteiger partial charge is 0.472 e. The molecule has 0 saturated carbocycles. The molecule has 8 heteroatoms. The second kappa shape index (κ2) is 11.8. The highest BCUT2D eigenvalue weighted by atomic mass is 19.1. The van der Waals surface area contributed by atoms with Crippen LogP contribution in [0.4, 0.5) is 4.39 Å². The number of unbranched alkanes of at least 4 members (excludes halogenated alkanes) is 1. The Hall–Kier alpha value is -3.44. The van der Waals surface area contributed by atoms with E-state index in [9.17, 15) is 19.1 Å². The number of aliphatic hydroxyl groups is 1. The monoisotopic (exact) mass is 481 g/mol. The molecule has 0 fully saturated rings. The number of halogens is 1. The van der Waals surface area contributed by atoms with Gasteiger partial charge in [-0.2, -0.15) is 0 Å². The van der Waals surface area contributed by atoms with Crippen molar-refractivity contribution in [3.05, 3.63) is 59.0 Å².